The van der Waals surface area contributed by atoms with Crippen molar-refractivity contribution in [1.29, 1.82) is 0 Å². The second-order valence-electron chi connectivity index (χ2n) is 3.97. The van der Waals surface area contributed by atoms with Gasteiger partial charge in [-0.15, -0.1) is 67.2 Å². The van der Waals surface area contributed by atoms with Crippen LogP contribution in [0.1, 0.15) is 25.2 Å². The maximum Gasteiger partial charge on any atom is 0.204 e. The molecule has 0 aromatic carbocycles. The molecule has 1 rings (SSSR count). The van der Waals surface area contributed by atoms with Crippen molar-refractivity contribution in [3.05, 3.63) is 17.5 Å². The summed E-state index contributed by atoms with van der Waals surface area (Å²) in [5, 5.41) is 3.12. The quantitative estimate of drug-likeness (QED) is 0.275. The Morgan fingerprint density at radius 2 is 1.39 bits per heavy atom. The molecule has 0 saturated carbocycles. The Balaban J connectivity index is 0. The maximum atomic E-state index is 3.12. The molecule has 0 spiro atoms. The van der Waals surface area contributed by atoms with Gasteiger partial charge < -0.3 is 0 Å². The van der Waals surface area contributed by atoms with Gasteiger partial charge >= 0.3 is 0 Å². The first kappa shape index (κ1) is 30.0. The summed E-state index contributed by atoms with van der Waals surface area (Å²) in [6, 6.07) is 2.11. The number of hydrogen-bond donors (Lipinski definition) is 1. The van der Waals surface area contributed by atoms with Gasteiger partial charge in [0.2, 0.25) is 5.69 Å². The minimum absolute atomic E-state index is 0.116. The number of hydrogen-bond acceptors (Lipinski definition) is 0. The van der Waals surface area contributed by atoms with Crippen molar-refractivity contribution in [1.82, 2.24) is 5.10 Å². The minimum atomic E-state index is 0.116. The molecular formula is C8H32N2P13+. The van der Waals surface area contributed by atoms with E-state index in [0.29, 0.717) is 0 Å². The van der Waals surface area contributed by atoms with Crippen LogP contribution in [0.3, 0.4) is 0 Å². The van der Waals surface area contributed by atoms with E-state index in [2.05, 4.69) is 80.6 Å². The standard InChI is InChI=1S/C6H10N2.C2H6.H15P13/c1-5-4-6(2)8(3)7-5;1-2;1-8-12(9(2)3)13(10(4)5)11(6)7/h4H,1-3H3;1-2H3;8H,1-7H2/p+1. The molecule has 9 atom stereocenters. The molecule has 0 aliphatic rings. The molecule has 1 aromatic heterocycles. The number of aromatic amines is 1. The lowest BCUT2D eigenvalue weighted by molar-refractivity contribution is -0.732. The van der Waals surface area contributed by atoms with Crippen molar-refractivity contribution in [2.24, 2.45) is 7.05 Å². The van der Waals surface area contributed by atoms with E-state index < -0.39 is 0 Å². The maximum absolute atomic E-state index is 3.12. The smallest absolute Gasteiger partial charge is 0.170 e. The van der Waals surface area contributed by atoms with E-state index in [9.17, 15) is 0 Å². The van der Waals surface area contributed by atoms with Crippen LogP contribution in [0.25, 0.3) is 0 Å². The predicted molar refractivity (Wildman–Crippen MR) is 154 cm³/mol. The molecule has 2 nitrogen and oxygen atoms in total. The lowest BCUT2D eigenvalue weighted by atomic mass is 10.4. The third-order valence-electron chi connectivity index (χ3n) is 2.22. The number of H-pyrrole nitrogens is 1. The molecule has 1 aromatic rings. The van der Waals surface area contributed by atoms with E-state index in [1.165, 1.54) is 11.4 Å². The molecule has 138 valence electrons. The van der Waals surface area contributed by atoms with Crippen molar-refractivity contribution >= 4 is 105 Å². The first-order valence-electron chi connectivity index (χ1n) is 6.58. The van der Waals surface area contributed by atoms with Crippen LogP contribution in [0.15, 0.2) is 6.07 Å². The van der Waals surface area contributed by atoms with Crippen LogP contribution < -0.4 is 4.68 Å². The Morgan fingerprint density at radius 1 is 0.957 bits per heavy atom. The number of nitrogens with zero attached hydrogens (tertiary/aromatic N) is 1. The highest BCUT2D eigenvalue weighted by atomic mass is 33.3. The molecule has 1 heterocycles. The second kappa shape index (κ2) is 17.6. The molecule has 0 saturated heterocycles. The Morgan fingerprint density at radius 3 is 1.48 bits per heavy atom. The first-order valence-corrected chi connectivity index (χ1v) is 29.5. The normalized spacial score (nSPS) is 12.7. The molecule has 23 heavy (non-hydrogen) atoms. The van der Waals surface area contributed by atoms with Crippen molar-refractivity contribution in [2.45, 2.75) is 27.7 Å². The third kappa shape index (κ3) is 13.6. The van der Waals surface area contributed by atoms with Gasteiger partial charge in [0.15, 0.2) is 7.05 Å². The summed E-state index contributed by atoms with van der Waals surface area (Å²) in [6.07, 6.45) is 0. The highest BCUT2D eigenvalue weighted by Gasteiger charge is 2.28. The molecule has 9 unspecified atom stereocenters. The predicted octanol–water partition coefficient (Wildman–Crippen LogP) is 8.66. The summed E-state index contributed by atoms with van der Waals surface area (Å²) in [6.45, 7) is 8.99. The van der Waals surface area contributed by atoms with Gasteiger partial charge in [0, 0.05) is 13.0 Å². The summed E-state index contributed by atoms with van der Waals surface area (Å²) >= 11 is 0. The minimum Gasteiger partial charge on any atom is -0.170 e. The van der Waals surface area contributed by atoms with Gasteiger partial charge in [0.1, 0.15) is 0 Å². The zero-order chi connectivity index (χ0) is 18.7. The Labute approximate surface area is 166 Å². The molecule has 15 heteroatoms. The van der Waals surface area contributed by atoms with Gasteiger partial charge in [-0.25, -0.2) is 0 Å². The van der Waals surface area contributed by atoms with E-state index in [1.54, 1.807) is 0 Å². The van der Waals surface area contributed by atoms with E-state index in [0.717, 1.165) is 7.96 Å². The van der Waals surface area contributed by atoms with Gasteiger partial charge in [-0.3, -0.25) is 0 Å². The average Bonchev–Trinajstić information content (AvgIpc) is 2.74. The van der Waals surface area contributed by atoms with Crippen molar-refractivity contribution < 1.29 is 4.68 Å². The molecule has 0 bridgehead atoms. The van der Waals surface area contributed by atoms with Crippen LogP contribution in [0.4, 0.5) is 0 Å². The number of aromatic nitrogens is 2. The fraction of sp³-hybridized carbons (Fsp3) is 0.625. The molecule has 0 fully saturated rings. The fourth-order valence-corrected chi connectivity index (χ4v) is 129. The zero-order valence-electron chi connectivity index (χ0n) is 14.3. The lowest BCUT2D eigenvalue weighted by Gasteiger charge is -2.34. The van der Waals surface area contributed by atoms with Crippen LogP contribution in [0.5, 0.6) is 0 Å². The largest absolute Gasteiger partial charge is 0.204 e. The Bertz CT molecular complexity index is 381. The number of nitrogens with one attached hydrogen (secondary N) is 1. The molecular weight excluding hydrogens is 527 g/mol. The van der Waals surface area contributed by atoms with Crippen LogP contribution in [-0.4, -0.2) is 5.10 Å². The summed E-state index contributed by atoms with van der Waals surface area (Å²) < 4.78 is 2.00. The van der Waals surface area contributed by atoms with Crippen LogP contribution in [0.2, 0.25) is 0 Å². The van der Waals surface area contributed by atoms with E-state index in [1.807, 2.05) is 32.5 Å². The van der Waals surface area contributed by atoms with E-state index in [4.69, 9.17) is 0 Å². The molecule has 0 aliphatic heterocycles. The van der Waals surface area contributed by atoms with Gasteiger partial charge in [0.25, 0.3) is 0 Å². The summed E-state index contributed by atoms with van der Waals surface area (Å²) in [5.41, 5.74) is 2.48. The van der Waals surface area contributed by atoms with E-state index in [-0.39, 0.29) is 34.9 Å². The highest BCUT2D eigenvalue weighted by Crippen LogP contribution is 3.18. The number of aryl methyl sites for hydroxylation is 3. The first-order chi connectivity index (χ1) is 10.6. The lowest BCUT2D eigenvalue weighted by Crippen LogP contribution is -2.32. The molecule has 1 N–H and O–H groups in total. The van der Waals surface area contributed by atoms with Gasteiger partial charge in [-0.2, -0.15) is 5.10 Å². The topological polar surface area (TPSA) is 19.7 Å². The van der Waals surface area contributed by atoms with Crippen molar-refractivity contribution in [2.75, 3.05) is 0 Å². The van der Waals surface area contributed by atoms with Gasteiger partial charge in [-0.05, 0) is 41.9 Å². The van der Waals surface area contributed by atoms with E-state index >= 15 is 0 Å². The van der Waals surface area contributed by atoms with Crippen molar-refractivity contribution in [3.63, 3.8) is 0 Å². The number of rotatable bonds is 5. The fourth-order valence-electron chi connectivity index (χ4n) is 1.32. The summed E-state index contributed by atoms with van der Waals surface area (Å²) in [5.74, 6) is 0. The van der Waals surface area contributed by atoms with Crippen molar-refractivity contribution in [3.8, 4) is 0 Å². The van der Waals surface area contributed by atoms with Gasteiger partial charge in [-0.1, -0.05) is 21.8 Å². The molecule has 0 radical (unpaired) electrons. The average molecular weight is 559 g/mol. The van der Waals surface area contributed by atoms with Gasteiger partial charge in [0.05, 0.1) is 5.69 Å². The summed E-state index contributed by atoms with van der Waals surface area (Å²) in [7, 11) is 24.2. The molecule has 0 amide bonds. The third-order valence-corrected chi connectivity index (χ3v) is 75.6. The highest BCUT2D eigenvalue weighted by molar-refractivity contribution is 9.24. The monoisotopic (exact) mass is 559 g/mol. The molecule has 0 aliphatic carbocycles. The second-order valence-corrected chi connectivity index (χ2v) is 51.5. The summed E-state index contributed by atoms with van der Waals surface area (Å²) in [4.78, 5) is 0. The van der Waals surface area contributed by atoms with Crippen LogP contribution >= 0.6 is 105 Å². The van der Waals surface area contributed by atoms with Crippen LogP contribution in [0, 0.1) is 13.8 Å². The Kier molecular flexibility index (Phi) is 23.0. The SMILES string of the molecule is CC.Cc1cc(C)[n+](C)[nH]1.PPP(P(P)P)P(P(P)P)P(P)P. The Hall–Kier alpha value is 4.80. The zero-order valence-corrected chi connectivity index (χ0v) is 27.9. The van der Waals surface area contributed by atoms with Crippen LogP contribution in [-0.2, 0) is 7.05 Å².